The number of carbonyl (C=O) groups is 1. The monoisotopic (exact) mass is 423 g/mol. The van der Waals surface area contributed by atoms with Crippen LogP contribution in [0.1, 0.15) is 18.0 Å². The van der Waals surface area contributed by atoms with Gasteiger partial charge in [-0.3, -0.25) is 14.2 Å². The number of anilines is 1. The van der Waals surface area contributed by atoms with E-state index in [1.54, 1.807) is 32.4 Å². The molecule has 0 bridgehead atoms. The Balaban J connectivity index is 1.48. The molecule has 9 heteroatoms. The summed E-state index contributed by atoms with van der Waals surface area (Å²) in [5.74, 6) is 0.586. The molecule has 1 aromatic heterocycles. The van der Waals surface area contributed by atoms with Gasteiger partial charge < -0.3 is 14.8 Å². The highest BCUT2D eigenvalue weighted by atomic mass is 16.5. The summed E-state index contributed by atoms with van der Waals surface area (Å²) in [6, 6.07) is 12.4. The second-order valence-corrected chi connectivity index (χ2v) is 7.33. The number of ether oxygens (including phenoxy) is 2. The first-order valence-electron chi connectivity index (χ1n) is 10.0. The molecule has 9 nitrogen and oxygen atoms in total. The maximum atomic E-state index is 12.8. The van der Waals surface area contributed by atoms with Crippen molar-refractivity contribution in [3.05, 3.63) is 64.7 Å². The van der Waals surface area contributed by atoms with Gasteiger partial charge in [0.05, 0.1) is 43.5 Å². The second kappa shape index (κ2) is 9.25. The molecule has 0 radical (unpaired) electrons. The number of hydrazine groups is 1. The Morgan fingerprint density at radius 3 is 2.87 bits per heavy atom. The van der Waals surface area contributed by atoms with Gasteiger partial charge in [-0.1, -0.05) is 18.2 Å². The van der Waals surface area contributed by atoms with Crippen molar-refractivity contribution in [1.82, 2.24) is 20.4 Å². The number of fused-ring (bicyclic) bond motifs is 1. The van der Waals surface area contributed by atoms with E-state index in [2.05, 4.69) is 21.2 Å². The number of para-hydroxylation sites is 1. The maximum absolute atomic E-state index is 12.8. The van der Waals surface area contributed by atoms with Crippen LogP contribution in [0.5, 0.6) is 5.75 Å². The molecule has 2 atom stereocenters. The number of carbonyl (C=O) groups excluding carboxylic acids is 1. The number of hydrogen-bond acceptors (Lipinski definition) is 7. The fraction of sp³-hybridized carbons (Fsp3) is 0.318. The predicted octanol–water partition coefficient (Wildman–Crippen LogP) is 1.60. The molecule has 1 amide bonds. The summed E-state index contributed by atoms with van der Waals surface area (Å²) in [6.07, 6.45) is 2.07. The zero-order chi connectivity index (χ0) is 21.8. The molecule has 3 aromatic rings. The summed E-state index contributed by atoms with van der Waals surface area (Å²) in [4.78, 5) is 29.8. The van der Waals surface area contributed by atoms with E-state index >= 15 is 0 Å². The van der Waals surface area contributed by atoms with Crippen molar-refractivity contribution in [2.24, 2.45) is 0 Å². The molecule has 2 heterocycles. The molecule has 162 valence electrons. The lowest BCUT2D eigenvalue weighted by Gasteiger charge is -2.14. The molecular weight excluding hydrogens is 398 g/mol. The van der Waals surface area contributed by atoms with E-state index in [0.29, 0.717) is 36.2 Å². The van der Waals surface area contributed by atoms with Gasteiger partial charge in [0.1, 0.15) is 11.8 Å². The van der Waals surface area contributed by atoms with Crippen molar-refractivity contribution in [1.29, 1.82) is 0 Å². The molecule has 1 aliphatic rings. The zero-order valence-electron chi connectivity index (χ0n) is 17.4. The topological polar surface area (TPSA) is 107 Å². The number of nitrogens with one attached hydrogen (secondary N) is 3. The largest absolute Gasteiger partial charge is 0.496 e. The highest BCUT2D eigenvalue weighted by molar-refractivity contribution is 5.96. The summed E-state index contributed by atoms with van der Waals surface area (Å²) in [7, 11) is 3.21. The van der Waals surface area contributed by atoms with Crippen LogP contribution in [0.2, 0.25) is 0 Å². The molecule has 1 fully saturated rings. The molecule has 4 rings (SSSR count). The molecular formula is C22H25N5O4. The summed E-state index contributed by atoms with van der Waals surface area (Å²) in [5.41, 5.74) is 8.15. The quantitative estimate of drug-likeness (QED) is 0.530. The Morgan fingerprint density at radius 2 is 2.06 bits per heavy atom. The molecule has 1 saturated heterocycles. The average Bonchev–Trinajstić information content (AvgIpc) is 3.29. The Morgan fingerprint density at radius 1 is 1.23 bits per heavy atom. The molecule has 2 aromatic carbocycles. The van der Waals surface area contributed by atoms with E-state index in [9.17, 15) is 9.59 Å². The van der Waals surface area contributed by atoms with Gasteiger partial charge in [-0.15, -0.1) is 0 Å². The number of hydrogen-bond donors (Lipinski definition) is 3. The minimum atomic E-state index is -0.433. The smallest absolute Gasteiger partial charge is 0.261 e. The Labute approximate surface area is 179 Å². The van der Waals surface area contributed by atoms with E-state index in [1.165, 1.54) is 10.9 Å². The minimum Gasteiger partial charge on any atom is -0.496 e. The molecule has 0 saturated carbocycles. The van der Waals surface area contributed by atoms with Gasteiger partial charge in [-0.25, -0.2) is 15.8 Å². The third kappa shape index (κ3) is 4.43. The molecule has 0 spiro atoms. The van der Waals surface area contributed by atoms with Gasteiger partial charge in [-0.05, 0) is 30.7 Å². The minimum absolute atomic E-state index is 0.0549. The van der Waals surface area contributed by atoms with Crippen molar-refractivity contribution in [2.45, 2.75) is 25.0 Å². The van der Waals surface area contributed by atoms with Crippen molar-refractivity contribution >= 4 is 22.5 Å². The lowest BCUT2D eigenvalue weighted by atomic mass is 10.0. The van der Waals surface area contributed by atoms with E-state index in [-0.39, 0.29) is 17.5 Å². The van der Waals surface area contributed by atoms with Crippen molar-refractivity contribution in [3.63, 3.8) is 0 Å². The lowest BCUT2D eigenvalue weighted by molar-refractivity contribution is -0.117. The van der Waals surface area contributed by atoms with Crippen molar-refractivity contribution in [3.8, 4) is 5.75 Å². The lowest BCUT2D eigenvalue weighted by Crippen LogP contribution is -2.39. The van der Waals surface area contributed by atoms with Gasteiger partial charge in [0.15, 0.2) is 0 Å². The van der Waals surface area contributed by atoms with Crippen LogP contribution in [-0.4, -0.2) is 42.3 Å². The summed E-state index contributed by atoms with van der Waals surface area (Å²) in [5, 5.41) is 3.34. The molecule has 31 heavy (non-hydrogen) atoms. The highest BCUT2D eigenvalue weighted by Gasteiger charge is 2.31. The van der Waals surface area contributed by atoms with Crippen molar-refractivity contribution in [2.75, 3.05) is 26.1 Å². The van der Waals surface area contributed by atoms with Gasteiger partial charge in [0.25, 0.3) is 5.56 Å². The van der Waals surface area contributed by atoms with Crippen LogP contribution in [0, 0.1) is 0 Å². The molecule has 1 aliphatic heterocycles. The number of nitrogens with zero attached hydrogens (tertiary/aromatic N) is 2. The van der Waals surface area contributed by atoms with E-state index < -0.39 is 6.04 Å². The molecule has 3 N–H and O–H groups in total. The maximum Gasteiger partial charge on any atom is 0.261 e. The SMILES string of the molecule is COCCn1cnc2ccc(NC(=O)C3CC(c4ccccc4OC)NN3)cc2c1=O. The fourth-order valence-electron chi connectivity index (χ4n) is 3.70. The summed E-state index contributed by atoms with van der Waals surface area (Å²) in [6.45, 7) is 0.827. The predicted molar refractivity (Wildman–Crippen MR) is 117 cm³/mol. The van der Waals surface area contributed by atoms with E-state index in [4.69, 9.17) is 9.47 Å². The normalized spacial score (nSPS) is 18.3. The fourth-order valence-corrected chi connectivity index (χ4v) is 3.70. The van der Waals surface area contributed by atoms with Gasteiger partial charge in [0, 0.05) is 18.4 Å². The van der Waals surface area contributed by atoms with Crippen LogP contribution in [0.15, 0.2) is 53.6 Å². The number of amides is 1. The summed E-state index contributed by atoms with van der Waals surface area (Å²) >= 11 is 0. The number of rotatable bonds is 7. The van der Waals surface area contributed by atoms with Crippen LogP contribution >= 0.6 is 0 Å². The van der Waals surface area contributed by atoms with Crippen LogP contribution in [0.3, 0.4) is 0 Å². The van der Waals surface area contributed by atoms with Crippen LogP contribution in [0.25, 0.3) is 10.9 Å². The van der Waals surface area contributed by atoms with Crippen LogP contribution < -0.4 is 26.5 Å². The van der Waals surface area contributed by atoms with E-state index in [1.807, 2.05) is 24.3 Å². The summed E-state index contributed by atoms with van der Waals surface area (Å²) < 4.78 is 12.0. The van der Waals surface area contributed by atoms with Gasteiger partial charge in [0.2, 0.25) is 5.91 Å². The second-order valence-electron chi connectivity index (χ2n) is 7.33. The average molecular weight is 423 g/mol. The first-order valence-corrected chi connectivity index (χ1v) is 10.0. The van der Waals surface area contributed by atoms with Gasteiger partial charge in [-0.2, -0.15) is 0 Å². The third-order valence-corrected chi connectivity index (χ3v) is 5.36. The van der Waals surface area contributed by atoms with Crippen LogP contribution in [0.4, 0.5) is 5.69 Å². The first-order chi connectivity index (χ1) is 15.1. The Kier molecular flexibility index (Phi) is 6.26. The number of aromatic nitrogens is 2. The van der Waals surface area contributed by atoms with Gasteiger partial charge >= 0.3 is 0 Å². The Hall–Kier alpha value is -3.27. The highest BCUT2D eigenvalue weighted by Crippen LogP contribution is 2.30. The third-order valence-electron chi connectivity index (χ3n) is 5.36. The van der Waals surface area contributed by atoms with Crippen LogP contribution in [-0.2, 0) is 16.1 Å². The standard InChI is InChI=1S/C22H25N5O4/c1-30-10-9-27-13-23-17-8-7-14(11-16(17)22(27)29)24-21(28)19-12-18(25-26-19)15-5-3-4-6-20(15)31-2/h3-8,11,13,18-19,25-26H,9-10,12H2,1-2H3,(H,24,28). The number of methoxy groups -OCH3 is 2. The molecule has 2 unspecified atom stereocenters. The number of benzene rings is 2. The van der Waals surface area contributed by atoms with E-state index in [0.717, 1.165) is 11.3 Å². The first kappa shape index (κ1) is 21.0. The molecule has 0 aliphatic carbocycles. The Bertz CT molecular complexity index is 1150. The zero-order valence-corrected chi connectivity index (χ0v) is 17.4. The van der Waals surface area contributed by atoms with Crippen molar-refractivity contribution < 1.29 is 14.3 Å².